The van der Waals surface area contributed by atoms with E-state index in [1.165, 1.54) is 25.7 Å². The molecule has 0 aromatic rings. The molecule has 2 unspecified atom stereocenters. The molecular weight excluding hydrogens is 324 g/mol. The van der Waals surface area contributed by atoms with E-state index < -0.39 is 9.84 Å². The van der Waals surface area contributed by atoms with Crippen LogP contribution in [0.5, 0.6) is 0 Å². The molecule has 1 saturated carbocycles. The second-order valence-electron chi connectivity index (χ2n) is 7.44. The molecule has 1 N–H and O–H groups in total. The third-order valence-corrected chi connectivity index (χ3v) is 7.33. The molecule has 1 aliphatic carbocycles. The maximum absolute atomic E-state index is 11.5. The highest BCUT2D eigenvalue weighted by atomic mass is 32.2. The second kappa shape index (κ2) is 8.04. The number of hydrogen-bond acceptors (Lipinski definition) is 4. The largest absolute Gasteiger partial charge is 0.357 e. The monoisotopic (exact) mass is 356 g/mol. The molecule has 7 heteroatoms. The zero-order valence-electron chi connectivity index (χ0n) is 14.9. The Morgan fingerprint density at radius 2 is 1.75 bits per heavy atom. The zero-order valence-corrected chi connectivity index (χ0v) is 15.7. The topological polar surface area (TPSA) is 65.0 Å². The van der Waals surface area contributed by atoms with Gasteiger partial charge in [0.15, 0.2) is 15.8 Å². The molecule has 3 aliphatic rings. The lowest BCUT2D eigenvalue weighted by Gasteiger charge is -2.26. The predicted molar refractivity (Wildman–Crippen MR) is 98.1 cm³/mol. The van der Waals surface area contributed by atoms with Gasteiger partial charge in [0.2, 0.25) is 0 Å². The Bertz CT molecular complexity index is 521. The Morgan fingerprint density at radius 3 is 2.33 bits per heavy atom. The number of guanidine groups is 1. The summed E-state index contributed by atoms with van der Waals surface area (Å²) >= 11 is 0. The Balaban J connectivity index is 1.51. The summed E-state index contributed by atoms with van der Waals surface area (Å²) in [6.07, 6.45) is 5.53. The number of sulfone groups is 1. The summed E-state index contributed by atoms with van der Waals surface area (Å²) in [4.78, 5) is 9.49. The summed E-state index contributed by atoms with van der Waals surface area (Å²) in [5.41, 5.74) is 0. The SMILES string of the molecule is CCNC(=NCCN1CCS(=O)(=O)CC1)N1CC2CCCCC2C1. The van der Waals surface area contributed by atoms with E-state index in [0.29, 0.717) is 24.6 Å². The van der Waals surface area contributed by atoms with Gasteiger partial charge in [-0.05, 0) is 31.6 Å². The van der Waals surface area contributed by atoms with Crippen LogP contribution in [0.4, 0.5) is 0 Å². The fourth-order valence-corrected chi connectivity index (χ4v) is 5.55. The first kappa shape index (κ1) is 18.0. The Labute approximate surface area is 146 Å². The lowest BCUT2D eigenvalue weighted by atomic mass is 9.82. The Morgan fingerprint density at radius 1 is 1.12 bits per heavy atom. The van der Waals surface area contributed by atoms with E-state index in [1.54, 1.807) is 0 Å². The number of hydrogen-bond donors (Lipinski definition) is 1. The van der Waals surface area contributed by atoms with Gasteiger partial charge < -0.3 is 10.2 Å². The third kappa shape index (κ3) is 4.63. The van der Waals surface area contributed by atoms with Crippen molar-refractivity contribution < 1.29 is 8.42 Å². The summed E-state index contributed by atoms with van der Waals surface area (Å²) in [6.45, 7) is 8.22. The molecule has 2 heterocycles. The lowest BCUT2D eigenvalue weighted by molar-refractivity contribution is 0.299. The number of rotatable bonds is 4. The quantitative estimate of drug-likeness (QED) is 0.596. The third-order valence-electron chi connectivity index (χ3n) is 5.73. The van der Waals surface area contributed by atoms with Crippen molar-refractivity contribution in [2.24, 2.45) is 16.8 Å². The number of aliphatic imine (C=N–C) groups is 1. The molecule has 0 spiro atoms. The molecule has 2 saturated heterocycles. The summed E-state index contributed by atoms with van der Waals surface area (Å²) in [5.74, 6) is 3.36. The maximum Gasteiger partial charge on any atom is 0.193 e. The highest BCUT2D eigenvalue weighted by Crippen LogP contribution is 2.35. The van der Waals surface area contributed by atoms with E-state index >= 15 is 0 Å². The molecule has 6 nitrogen and oxygen atoms in total. The van der Waals surface area contributed by atoms with Crippen LogP contribution < -0.4 is 5.32 Å². The van der Waals surface area contributed by atoms with Gasteiger partial charge in [-0.25, -0.2) is 8.42 Å². The van der Waals surface area contributed by atoms with Crippen LogP contribution in [-0.4, -0.2) is 81.5 Å². The van der Waals surface area contributed by atoms with Gasteiger partial charge >= 0.3 is 0 Å². The van der Waals surface area contributed by atoms with Crippen LogP contribution in [0.15, 0.2) is 4.99 Å². The second-order valence-corrected chi connectivity index (χ2v) is 9.74. The van der Waals surface area contributed by atoms with Crippen molar-refractivity contribution in [2.45, 2.75) is 32.6 Å². The number of likely N-dealkylation sites (tertiary alicyclic amines) is 1. The Kier molecular flexibility index (Phi) is 6.02. The number of fused-ring (bicyclic) bond motifs is 1. The molecule has 0 radical (unpaired) electrons. The summed E-state index contributed by atoms with van der Waals surface area (Å²) in [5, 5.41) is 3.45. The molecule has 0 bridgehead atoms. The van der Waals surface area contributed by atoms with Crippen LogP contribution in [0, 0.1) is 11.8 Å². The molecule has 0 aromatic carbocycles. The zero-order chi connectivity index (χ0) is 17.0. The van der Waals surface area contributed by atoms with Crippen LogP contribution >= 0.6 is 0 Å². The molecule has 2 atom stereocenters. The number of nitrogens with zero attached hydrogens (tertiary/aromatic N) is 3. The Hall–Kier alpha value is -0.820. The molecule has 0 aromatic heterocycles. The number of nitrogens with one attached hydrogen (secondary N) is 1. The molecule has 0 amide bonds. The first-order valence-electron chi connectivity index (χ1n) is 9.53. The van der Waals surface area contributed by atoms with E-state index in [9.17, 15) is 8.42 Å². The van der Waals surface area contributed by atoms with Gasteiger partial charge in [-0.3, -0.25) is 9.89 Å². The van der Waals surface area contributed by atoms with Crippen LogP contribution in [-0.2, 0) is 9.84 Å². The van der Waals surface area contributed by atoms with Crippen molar-refractivity contribution in [1.82, 2.24) is 15.1 Å². The first-order valence-corrected chi connectivity index (χ1v) is 11.4. The van der Waals surface area contributed by atoms with Crippen molar-refractivity contribution in [3.63, 3.8) is 0 Å². The van der Waals surface area contributed by atoms with Gasteiger partial charge in [-0.2, -0.15) is 0 Å². The van der Waals surface area contributed by atoms with Crippen LogP contribution in [0.2, 0.25) is 0 Å². The average Bonchev–Trinajstić information content (AvgIpc) is 2.99. The molecular formula is C17H32N4O2S. The summed E-state index contributed by atoms with van der Waals surface area (Å²) in [6, 6.07) is 0. The standard InChI is InChI=1S/C17H32N4O2S/c1-2-18-17(21-13-15-5-3-4-6-16(15)14-21)19-7-8-20-9-11-24(22,23)12-10-20/h15-16H,2-14H2,1H3,(H,18,19). The van der Waals surface area contributed by atoms with Gasteiger partial charge in [0.25, 0.3) is 0 Å². The smallest absolute Gasteiger partial charge is 0.193 e. The van der Waals surface area contributed by atoms with Gasteiger partial charge in [-0.1, -0.05) is 12.8 Å². The molecule has 24 heavy (non-hydrogen) atoms. The van der Waals surface area contributed by atoms with E-state index in [-0.39, 0.29) is 0 Å². The van der Waals surface area contributed by atoms with Gasteiger partial charge in [0.1, 0.15) is 0 Å². The van der Waals surface area contributed by atoms with E-state index in [1.807, 2.05) is 0 Å². The first-order chi connectivity index (χ1) is 11.6. The fraction of sp³-hybridized carbons (Fsp3) is 0.941. The van der Waals surface area contributed by atoms with E-state index in [2.05, 4.69) is 22.0 Å². The highest BCUT2D eigenvalue weighted by molar-refractivity contribution is 7.91. The minimum Gasteiger partial charge on any atom is -0.357 e. The fourth-order valence-electron chi connectivity index (χ4n) is 4.28. The summed E-state index contributed by atoms with van der Waals surface area (Å²) < 4.78 is 23.0. The molecule has 3 rings (SSSR count). The van der Waals surface area contributed by atoms with Crippen molar-refractivity contribution in [3.8, 4) is 0 Å². The van der Waals surface area contributed by atoms with Crippen molar-refractivity contribution >= 4 is 15.8 Å². The average molecular weight is 357 g/mol. The lowest BCUT2D eigenvalue weighted by Crippen LogP contribution is -2.43. The van der Waals surface area contributed by atoms with E-state index in [4.69, 9.17) is 4.99 Å². The normalized spacial score (nSPS) is 31.0. The minimum atomic E-state index is -2.79. The van der Waals surface area contributed by atoms with Gasteiger partial charge in [-0.15, -0.1) is 0 Å². The molecule has 2 aliphatic heterocycles. The molecule has 138 valence electrons. The van der Waals surface area contributed by atoms with Gasteiger partial charge in [0, 0.05) is 39.3 Å². The van der Waals surface area contributed by atoms with Crippen molar-refractivity contribution in [3.05, 3.63) is 0 Å². The van der Waals surface area contributed by atoms with Crippen molar-refractivity contribution in [1.29, 1.82) is 0 Å². The van der Waals surface area contributed by atoms with Gasteiger partial charge in [0.05, 0.1) is 18.1 Å². The van der Waals surface area contributed by atoms with Crippen LogP contribution in [0.25, 0.3) is 0 Å². The van der Waals surface area contributed by atoms with Crippen LogP contribution in [0.3, 0.4) is 0 Å². The minimum absolute atomic E-state index is 0.298. The molecule has 3 fully saturated rings. The summed E-state index contributed by atoms with van der Waals surface area (Å²) in [7, 11) is -2.79. The van der Waals surface area contributed by atoms with Crippen LogP contribution in [0.1, 0.15) is 32.6 Å². The highest BCUT2D eigenvalue weighted by Gasteiger charge is 2.35. The van der Waals surface area contributed by atoms with E-state index in [0.717, 1.165) is 50.5 Å². The van der Waals surface area contributed by atoms with Crippen molar-refractivity contribution in [2.75, 3.05) is 57.3 Å². The predicted octanol–water partition coefficient (Wildman–Crippen LogP) is 0.804. The maximum atomic E-state index is 11.5.